The van der Waals surface area contributed by atoms with E-state index in [9.17, 15) is 14.0 Å². The van der Waals surface area contributed by atoms with Crippen molar-refractivity contribution >= 4 is 29.0 Å². The quantitative estimate of drug-likeness (QED) is 0.759. The smallest absolute Gasteiger partial charge is 0.291 e. The highest BCUT2D eigenvalue weighted by Crippen LogP contribution is 2.37. The van der Waals surface area contributed by atoms with Gasteiger partial charge in [0.25, 0.3) is 5.56 Å². The molecule has 0 unspecified atom stereocenters. The molecule has 0 radical (unpaired) electrons. The van der Waals surface area contributed by atoms with Crippen molar-refractivity contribution in [1.82, 2.24) is 9.55 Å². The van der Waals surface area contributed by atoms with E-state index in [4.69, 9.17) is 16.3 Å². The third-order valence-electron chi connectivity index (χ3n) is 5.49. The number of hydrogen-bond donors (Lipinski definition) is 0. The van der Waals surface area contributed by atoms with Crippen LogP contribution < -0.4 is 15.4 Å². The summed E-state index contributed by atoms with van der Waals surface area (Å²) in [6.07, 6.45) is 0.551. The van der Waals surface area contributed by atoms with Gasteiger partial charge in [0.2, 0.25) is 11.7 Å². The topological polar surface area (TPSA) is 67.7 Å². The summed E-state index contributed by atoms with van der Waals surface area (Å²) in [5, 5.41) is 0.631. The minimum absolute atomic E-state index is 0.0166. The summed E-state index contributed by atoms with van der Waals surface area (Å²) in [6, 6.07) is 5.41. The molecule has 3 heterocycles. The molecule has 1 aromatic heterocycles. The van der Waals surface area contributed by atoms with Gasteiger partial charge in [-0.05, 0) is 31.0 Å². The van der Waals surface area contributed by atoms with Gasteiger partial charge in [0, 0.05) is 36.9 Å². The number of fused-ring (bicyclic) bond motifs is 1. The molecule has 1 fully saturated rings. The zero-order valence-corrected chi connectivity index (χ0v) is 17.1. The Morgan fingerprint density at radius 1 is 1.34 bits per heavy atom. The van der Waals surface area contributed by atoms with Crippen LogP contribution in [-0.2, 0) is 29.4 Å². The highest BCUT2D eigenvalue weighted by molar-refractivity contribution is 6.32. The molecule has 7 nitrogen and oxygen atoms in total. The molecule has 1 atom stereocenters. The van der Waals surface area contributed by atoms with Crippen LogP contribution in [0, 0.1) is 5.82 Å². The van der Waals surface area contributed by atoms with Crippen LogP contribution in [-0.4, -0.2) is 47.8 Å². The number of anilines is 2. The lowest BCUT2D eigenvalue weighted by molar-refractivity contribution is -0.118. The second kappa shape index (κ2) is 7.76. The fraction of sp³-hybridized carbons (Fsp3) is 0.450. The van der Waals surface area contributed by atoms with Gasteiger partial charge in [-0.1, -0.05) is 17.7 Å². The normalized spacial score (nSPS) is 18.8. The van der Waals surface area contributed by atoms with E-state index in [1.54, 1.807) is 15.9 Å². The lowest BCUT2D eigenvalue weighted by atomic mass is 10.1. The maximum atomic E-state index is 14.6. The summed E-state index contributed by atoms with van der Waals surface area (Å²) in [5.41, 5.74) is 0.919. The third kappa shape index (κ3) is 3.51. The summed E-state index contributed by atoms with van der Waals surface area (Å²) in [7, 11) is 1.43. The zero-order valence-electron chi connectivity index (χ0n) is 16.3. The lowest BCUT2D eigenvalue weighted by Gasteiger charge is -2.28. The molecule has 2 aliphatic rings. The first kappa shape index (κ1) is 19.8. The predicted octanol–water partition coefficient (Wildman–Crippen LogP) is 1.93. The van der Waals surface area contributed by atoms with Crippen molar-refractivity contribution < 1.29 is 13.9 Å². The number of aromatic nitrogens is 2. The van der Waals surface area contributed by atoms with E-state index in [2.05, 4.69) is 4.98 Å². The monoisotopic (exact) mass is 420 g/mol. The van der Waals surface area contributed by atoms with Gasteiger partial charge in [0.05, 0.1) is 19.6 Å². The van der Waals surface area contributed by atoms with Gasteiger partial charge in [-0.2, -0.15) is 4.39 Å². The Morgan fingerprint density at radius 3 is 2.79 bits per heavy atom. The Kier molecular flexibility index (Phi) is 5.31. The Morgan fingerprint density at radius 2 is 2.07 bits per heavy atom. The number of benzene rings is 1. The second-order valence-corrected chi connectivity index (χ2v) is 7.77. The molecule has 2 aliphatic heterocycles. The maximum absolute atomic E-state index is 14.6. The van der Waals surface area contributed by atoms with Gasteiger partial charge in [0.1, 0.15) is 5.82 Å². The SMILES string of the molecule is C[C@@H]1Cc2c(Cl)cccc2N1C(=O)Cc1nc(N2CCOCC2)c(F)c(=O)n1C. The summed E-state index contributed by atoms with van der Waals surface area (Å²) in [6.45, 7) is 3.71. The van der Waals surface area contributed by atoms with Gasteiger partial charge in [-0.15, -0.1) is 0 Å². The van der Waals surface area contributed by atoms with Gasteiger partial charge in [-0.25, -0.2) is 4.98 Å². The Hall–Kier alpha value is -2.45. The Balaban J connectivity index is 1.66. The number of carbonyl (C=O) groups is 1. The van der Waals surface area contributed by atoms with Crippen LogP contribution in [0.5, 0.6) is 0 Å². The number of amides is 1. The van der Waals surface area contributed by atoms with E-state index in [1.807, 2.05) is 19.1 Å². The summed E-state index contributed by atoms with van der Waals surface area (Å²) >= 11 is 6.28. The van der Waals surface area contributed by atoms with Crippen LogP contribution in [0.25, 0.3) is 0 Å². The van der Waals surface area contributed by atoms with E-state index < -0.39 is 11.4 Å². The van der Waals surface area contributed by atoms with Gasteiger partial charge in [-0.3, -0.25) is 14.2 Å². The number of carbonyl (C=O) groups excluding carboxylic acids is 1. The fourth-order valence-corrected chi connectivity index (χ4v) is 4.20. The van der Waals surface area contributed by atoms with E-state index >= 15 is 0 Å². The van der Waals surface area contributed by atoms with Crippen LogP contribution in [0.1, 0.15) is 18.3 Å². The Labute approximate surface area is 172 Å². The van der Waals surface area contributed by atoms with Crippen LogP contribution in [0.15, 0.2) is 23.0 Å². The van der Waals surface area contributed by atoms with Crippen LogP contribution in [0.2, 0.25) is 5.02 Å². The molecular formula is C20H22ClFN4O3. The number of rotatable bonds is 3. The molecule has 0 spiro atoms. The molecule has 0 N–H and O–H groups in total. The van der Waals surface area contributed by atoms with E-state index in [-0.39, 0.29) is 30.0 Å². The van der Waals surface area contributed by atoms with E-state index in [1.165, 1.54) is 7.05 Å². The molecule has 154 valence electrons. The summed E-state index contributed by atoms with van der Waals surface area (Å²) < 4.78 is 21.0. The van der Waals surface area contributed by atoms with Crippen LogP contribution in [0.3, 0.4) is 0 Å². The number of morpholine rings is 1. The van der Waals surface area contributed by atoms with Crippen molar-refractivity contribution in [2.45, 2.75) is 25.8 Å². The number of hydrogen-bond acceptors (Lipinski definition) is 5. The minimum Gasteiger partial charge on any atom is -0.378 e. The average Bonchev–Trinajstić information content (AvgIpc) is 3.06. The van der Waals surface area contributed by atoms with Crippen molar-refractivity contribution in [2.75, 3.05) is 36.1 Å². The van der Waals surface area contributed by atoms with Crippen molar-refractivity contribution in [2.24, 2.45) is 7.05 Å². The van der Waals surface area contributed by atoms with Crippen LogP contribution in [0.4, 0.5) is 15.9 Å². The molecule has 9 heteroatoms. The van der Waals surface area contributed by atoms with Gasteiger partial charge in [0.15, 0.2) is 5.82 Å². The van der Waals surface area contributed by atoms with E-state index in [0.29, 0.717) is 37.7 Å². The van der Waals surface area contributed by atoms with Crippen molar-refractivity contribution in [3.05, 3.63) is 50.8 Å². The minimum atomic E-state index is -0.905. The van der Waals surface area contributed by atoms with Crippen molar-refractivity contribution in [3.63, 3.8) is 0 Å². The molecule has 29 heavy (non-hydrogen) atoms. The molecule has 1 aromatic carbocycles. The average molecular weight is 421 g/mol. The zero-order chi connectivity index (χ0) is 20.7. The second-order valence-electron chi connectivity index (χ2n) is 7.36. The number of ether oxygens (including phenoxy) is 1. The van der Waals surface area contributed by atoms with Gasteiger partial charge >= 0.3 is 0 Å². The van der Waals surface area contributed by atoms with Crippen LogP contribution >= 0.6 is 11.6 Å². The molecule has 0 bridgehead atoms. The molecule has 0 aliphatic carbocycles. The summed E-state index contributed by atoms with van der Waals surface area (Å²) in [4.78, 5) is 33.3. The third-order valence-corrected chi connectivity index (χ3v) is 5.85. The van der Waals surface area contributed by atoms with Gasteiger partial charge < -0.3 is 14.5 Å². The van der Waals surface area contributed by atoms with Crippen molar-refractivity contribution in [3.8, 4) is 0 Å². The first-order valence-electron chi connectivity index (χ1n) is 9.56. The largest absolute Gasteiger partial charge is 0.378 e. The highest BCUT2D eigenvalue weighted by Gasteiger charge is 2.33. The molecule has 4 rings (SSSR count). The van der Waals surface area contributed by atoms with E-state index in [0.717, 1.165) is 15.8 Å². The summed E-state index contributed by atoms with van der Waals surface area (Å²) in [5.74, 6) is -0.902. The molecule has 1 saturated heterocycles. The lowest BCUT2D eigenvalue weighted by Crippen LogP contribution is -2.41. The first-order chi connectivity index (χ1) is 13.9. The number of halogens is 2. The molecule has 2 aromatic rings. The fourth-order valence-electron chi connectivity index (χ4n) is 3.95. The number of nitrogens with zero attached hydrogens (tertiary/aromatic N) is 4. The standard InChI is InChI=1S/C20H22ClFN4O3/c1-12-10-13-14(21)4-3-5-15(13)26(12)17(27)11-16-23-19(18(22)20(28)24(16)2)25-6-8-29-9-7-25/h3-5,12H,6-11H2,1-2H3/t12-/m1/s1. The molecule has 1 amide bonds. The molecular weight excluding hydrogens is 399 g/mol. The first-order valence-corrected chi connectivity index (χ1v) is 9.93. The van der Waals surface area contributed by atoms with Crippen molar-refractivity contribution in [1.29, 1.82) is 0 Å². The Bertz CT molecular complexity index is 1020. The predicted molar refractivity (Wildman–Crippen MR) is 108 cm³/mol. The maximum Gasteiger partial charge on any atom is 0.291 e. The highest BCUT2D eigenvalue weighted by atomic mass is 35.5. The molecule has 0 saturated carbocycles.